The van der Waals surface area contributed by atoms with Crippen LogP contribution in [0.2, 0.25) is 0 Å². The zero-order valence-electron chi connectivity index (χ0n) is 11.6. The van der Waals surface area contributed by atoms with Crippen LogP contribution in [0.15, 0.2) is 42.7 Å². The molecule has 0 saturated heterocycles. The van der Waals surface area contributed by atoms with Gasteiger partial charge in [0.2, 0.25) is 0 Å². The third kappa shape index (κ3) is 2.14. The summed E-state index contributed by atoms with van der Waals surface area (Å²) in [7, 11) is 0. The number of aromatic nitrogens is 2. The quantitative estimate of drug-likeness (QED) is 0.734. The first-order chi connectivity index (χ1) is 9.07. The molecule has 2 heterocycles. The molecule has 0 fully saturated rings. The average Bonchev–Trinajstić information content (AvgIpc) is 2.71. The fraction of sp³-hybridized carbons (Fsp3) is 0.235. The lowest BCUT2D eigenvalue weighted by Gasteiger charge is -2.11. The van der Waals surface area contributed by atoms with Crippen molar-refractivity contribution in [2.75, 3.05) is 0 Å². The van der Waals surface area contributed by atoms with Crippen molar-refractivity contribution in [2.24, 2.45) is 5.41 Å². The number of aryl methyl sites for hydroxylation is 1. The van der Waals surface area contributed by atoms with Gasteiger partial charge in [-0.05, 0) is 18.6 Å². The summed E-state index contributed by atoms with van der Waals surface area (Å²) in [6.45, 7) is 6.53. The predicted octanol–water partition coefficient (Wildman–Crippen LogP) is 4.38. The number of fused-ring (bicyclic) bond motifs is 1. The molecule has 3 rings (SSSR count). The molecule has 2 aromatic rings. The molecule has 1 aliphatic heterocycles. The number of benzene rings is 1. The van der Waals surface area contributed by atoms with E-state index in [9.17, 15) is 0 Å². The zero-order valence-corrected chi connectivity index (χ0v) is 11.6. The molecular weight excluding hydrogens is 232 g/mol. The fourth-order valence-corrected chi connectivity index (χ4v) is 2.32. The molecule has 1 aromatic heterocycles. The molecule has 0 saturated carbocycles. The van der Waals surface area contributed by atoms with Crippen LogP contribution in [0.3, 0.4) is 0 Å². The van der Waals surface area contributed by atoms with Crippen LogP contribution in [-0.4, -0.2) is 9.55 Å². The first-order valence-electron chi connectivity index (χ1n) is 6.58. The van der Waals surface area contributed by atoms with Crippen LogP contribution in [0.25, 0.3) is 23.5 Å². The molecule has 0 amide bonds. The second kappa shape index (κ2) is 4.23. The molecule has 96 valence electrons. The second-order valence-electron chi connectivity index (χ2n) is 5.67. The van der Waals surface area contributed by atoms with Crippen molar-refractivity contribution in [3.05, 3.63) is 54.0 Å². The van der Waals surface area contributed by atoms with Crippen LogP contribution in [0, 0.1) is 12.3 Å². The number of hydrogen-bond donors (Lipinski definition) is 0. The van der Waals surface area contributed by atoms with E-state index in [0.717, 1.165) is 11.4 Å². The molecule has 0 aliphatic carbocycles. The van der Waals surface area contributed by atoms with Crippen molar-refractivity contribution in [1.82, 2.24) is 9.55 Å². The van der Waals surface area contributed by atoms with Crippen molar-refractivity contribution < 1.29 is 0 Å². The summed E-state index contributed by atoms with van der Waals surface area (Å²) in [6, 6.07) is 8.38. The van der Waals surface area contributed by atoms with Gasteiger partial charge in [0.15, 0.2) is 0 Å². The van der Waals surface area contributed by atoms with Crippen LogP contribution >= 0.6 is 0 Å². The molecule has 0 spiro atoms. The van der Waals surface area contributed by atoms with E-state index in [0.29, 0.717) is 0 Å². The maximum atomic E-state index is 4.58. The summed E-state index contributed by atoms with van der Waals surface area (Å²) in [4.78, 5) is 4.58. The first-order valence-corrected chi connectivity index (χ1v) is 6.58. The van der Waals surface area contributed by atoms with E-state index in [1.165, 1.54) is 11.1 Å². The lowest BCUT2D eigenvalue weighted by molar-refractivity contribution is 0.632. The highest BCUT2D eigenvalue weighted by molar-refractivity contribution is 5.74. The van der Waals surface area contributed by atoms with Gasteiger partial charge in [0.05, 0.1) is 17.7 Å². The summed E-state index contributed by atoms with van der Waals surface area (Å²) in [6.07, 6.45) is 10.6. The SMILES string of the molecule is Cc1ccccc1-c1ncn2c1C=CC(C)(C)C=C2. The Morgan fingerprint density at radius 2 is 1.89 bits per heavy atom. The summed E-state index contributed by atoms with van der Waals surface area (Å²) < 4.78 is 2.09. The molecule has 2 heteroatoms. The van der Waals surface area contributed by atoms with Crippen LogP contribution in [-0.2, 0) is 0 Å². The summed E-state index contributed by atoms with van der Waals surface area (Å²) >= 11 is 0. The van der Waals surface area contributed by atoms with Gasteiger partial charge in [-0.1, -0.05) is 50.3 Å². The Labute approximate surface area is 114 Å². The minimum Gasteiger partial charge on any atom is -0.306 e. The molecule has 1 aromatic carbocycles. The Bertz CT molecular complexity index is 672. The van der Waals surface area contributed by atoms with E-state index in [-0.39, 0.29) is 5.41 Å². The van der Waals surface area contributed by atoms with E-state index in [4.69, 9.17) is 0 Å². The molecule has 0 atom stereocenters. The number of nitrogens with zero attached hydrogens (tertiary/aromatic N) is 2. The molecular formula is C17H18N2. The molecule has 19 heavy (non-hydrogen) atoms. The van der Waals surface area contributed by atoms with E-state index in [2.05, 4.69) is 79.0 Å². The topological polar surface area (TPSA) is 17.8 Å². The molecule has 0 N–H and O–H groups in total. The predicted molar refractivity (Wildman–Crippen MR) is 80.5 cm³/mol. The molecule has 0 unspecified atom stereocenters. The van der Waals surface area contributed by atoms with E-state index < -0.39 is 0 Å². The largest absolute Gasteiger partial charge is 0.306 e. The normalized spacial score (nSPS) is 16.2. The Kier molecular flexibility index (Phi) is 2.67. The van der Waals surface area contributed by atoms with E-state index in [1.54, 1.807) is 0 Å². The minimum atomic E-state index is 0.0853. The lowest BCUT2D eigenvalue weighted by atomic mass is 9.93. The van der Waals surface area contributed by atoms with Gasteiger partial charge in [-0.3, -0.25) is 0 Å². The third-order valence-corrected chi connectivity index (χ3v) is 3.57. The number of rotatable bonds is 1. The van der Waals surface area contributed by atoms with Gasteiger partial charge in [0.1, 0.15) is 0 Å². The minimum absolute atomic E-state index is 0.0853. The maximum Gasteiger partial charge on any atom is 0.0999 e. The van der Waals surface area contributed by atoms with Crippen LogP contribution < -0.4 is 0 Å². The Hall–Kier alpha value is -2.09. The Balaban J connectivity index is 2.17. The smallest absolute Gasteiger partial charge is 0.0999 e. The van der Waals surface area contributed by atoms with Gasteiger partial charge in [-0.15, -0.1) is 0 Å². The number of hydrogen-bond acceptors (Lipinski definition) is 1. The van der Waals surface area contributed by atoms with Crippen LogP contribution in [0.5, 0.6) is 0 Å². The second-order valence-corrected chi connectivity index (χ2v) is 5.67. The number of imidazole rings is 1. The fourth-order valence-electron chi connectivity index (χ4n) is 2.32. The summed E-state index contributed by atoms with van der Waals surface area (Å²) in [5.74, 6) is 0. The zero-order chi connectivity index (χ0) is 13.5. The van der Waals surface area contributed by atoms with Gasteiger partial charge in [-0.2, -0.15) is 0 Å². The highest BCUT2D eigenvalue weighted by atomic mass is 15.0. The van der Waals surface area contributed by atoms with E-state index in [1.807, 2.05) is 6.33 Å². The molecule has 0 radical (unpaired) electrons. The van der Waals surface area contributed by atoms with E-state index >= 15 is 0 Å². The summed E-state index contributed by atoms with van der Waals surface area (Å²) in [5, 5.41) is 0. The third-order valence-electron chi connectivity index (χ3n) is 3.57. The lowest BCUT2D eigenvalue weighted by Crippen LogP contribution is -2.00. The van der Waals surface area contributed by atoms with Crippen LogP contribution in [0.4, 0.5) is 0 Å². The number of allylic oxidation sites excluding steroid dienone is 2. The highest BCUT2D eigenvalue weighted by Gasteiger charge is 2.16. The van der Waals surface area contributed by atoms with Gasteiger partial charge >= 0.3 is 0 Å². The molecule has 1 aliphatic rings. The van der Waals surface area contributed by atoms with Gasteiger partial charge in [-0.25, -0.2) is 4.98 Å². The van der Waals surface area contributed by atoms with Crippen molar-refractivity contribution in [2.45, 2.75) is 20.8 Å². The first kappa shape index (κ1) is 12.0. The van der Waals surface area contributed by atoms with Gasteiger partial charge in [0, 0.05) is 17.2 Å². The van der Waals surface area contributed by atoms with Crippen molar-refractivity contribution >= 4 is 12.3 Å². The molecule has 0 bridgehead atoms. The molecule has 2 nitrogen and oxygen atoms in total. The van der Waals surface area contributed by atoms with Crippen molar-refractivity contribution in [3.8, 4) is 11.3 Å². The Morgan fingerprint density at radius 1 is 1.11 bits per heavy atom. The van der Waals surface area contributed by atoms with Crippen molar-refractivity contribution in [3.63, 3.8) is 0 Å². The van der Waals surface area contributed by atoms with Crippen LogP contribution in [0.1, 0.15) is 25.1 Å². The van der Waals surface area contributed by atoms with Crippen molar-refractivity contribution in [1.29, 1.82) is 0 Å². The standard InChI is InChI=1S/C17H18N2/c1-13-6-4-5-7-14(13)16-15-8-9-17(2,3)10-11-19(15)12-18-16/h4-12H,1-3H3. The van der Waals surface area contributed by atoms with Gasteiger partial charge < -0.3 is 4.57 Å². The monoisotopic (exact) mass is 250 g/mol. The highest BCUT2D eigenvalue weighted by Crippen LogP contribution is 2.31. The maximum absolute atomic E-state index is 4.58. The summed E-state index contributed by atoms with van der Waals surface area (Å²) in [5.41, 5.74) is 4.74. The average molecular weight is 250 g/mol. The Morgan fingerprint density at radius 3 is 2.68 bits per heavy atom. The van der Waals surface area contributed by atoms with Gasteiger partial charge in [0.25, 0.3) is 0 Å².